The van der Waals surface area contributed by atoms with E-state index in [2.05, 4.69) is 31.9 Å². The Morgan fingerprint density at radius 2 is 1.89 bits per heavy atom. The van der Waals surface area contributed by atoms with Crippen LogP contribution in [0.2, 0.25) is 10.0 Å². The molecule has 12 heteroatoms. The van der Waals surface area contributed by atoms with Gasteiger partial charge in [0.15, 0.2) is 5.13 Å². The van der Waals surface area contributed by atoms with Crippen molar-refractivity contribution in [1.82, 2.24) is 20.5 Å². The summed E-state index contributed by atoms with van der Waals surface area (Å²) in [6.45, 7) is 6.48. The van der Waals surface area contributed by atoms with E-state index in [4.69, 9.17) is 27.9 Å². The number of hydrogen-bond donors (Lipinski definition) is 3. The van der Waals surface area contributed by atoms with Crippen LogP contribution in [-0.2, 0) is 9.59 Å². The van der Waals surface area contributed by atoms with E-state index < -0.39 is 11.9 Å². The highest BCUT2D eigenvalue weighted by atomic mass is 35.5. The SMILES string of the molecule is CC(C)C[C@@H]1NC(=O)c2cc(Cl)ccc2OC/C=C/CC2(CCN(CC(=O)Nc3nc4ccc(Cl)cc4s3)CC2)CNC1=O. The highest BCUT2D eigenvalue weighted by molar-refractivity contribution is 7.22. The van der Waals surface area contributed by atoms with Gasteiger partial charge in [-0.05, 0) is 86.5 Å². The van der Waals surface area contributed by atoms with Gasteiger partial charge in [-0.25, -0.2) is 4.98 Å². The number of allylic oxidation sites excluding steroid dienone is 1. The van der Waals surface area contributed by atoms with Crippen LogP contribution in [0.5, 0.6) is 5.75 Å². The molecule has 0 unspecified atom stereocenters. The van der Waals surface area contributed by atoms with Gasteiger partial charge in [-0.2, -0.15) is 0 Å². The molecule has 2 aliphatic heterocycles. The minimum Gasteiger partial charge on any atom is -0.489 e. The van der Waals surface area contributed by atoms with E-state index >= 15 is 0 Å². The number of halogens is 2. The number of amides is 3. The Labute approximate surface area is 271 Å². The van der Waals surface area contributed by atoms with Gasteiger partial charge in [0, 0.05) is 16.6 Å². The Balaban J connectivity index is 1.24. The van der Waals surface area contributed by atoms with E-state index in [1.807, 2.05) is 32.1 Å². The second kappa shape index (κ2) is 14.3. The number of hydrogen-bond acceptors (Lipinski definition) is 7. The first-order valence-electron chi connectivity index (χ1n) is 14.8. The molecule has 1 fully saturated rings. The van der Waals surface area contributed by atoms with Gasteiger partial charge >= 0.3 is 0 Å². The first-order chi connectivity index (χ1) is 21.1. The Hall–Kier alpha value is -3.18. The monoisotopic (exact) mass is 657 g/mol. The van der Waals surface area contributed by atoms with Crippen LogP contribution in [0, 0.1) is 11.3 Å². The van der Waals surface area contributed by atoms with Crippen LogP contribution >= 0.6 is 34.5 Å². The van der Waals surface area contributed by atoms with Crippen molar-refractivity contribution in [2.45, 2.75) is 45.6 Å². The molecule has 3 amide bonds. The number of thiazole rings is 1. The summed E-state index contributed by atoms with van der Waals surface area (Å²) in [5.74, 6) is -0.132. The van der Waals surface area contributed by atoms with Crippen molar-refractivity contribution in [3.8, 4) is 5.75 Å². The highest BCUT2D eigenvalue weighted by Crippen LogP contribution is 2.35. The summed E-state index contributed by atoms with van der Waals surface area (Å²) in [5, 5.41) is 10.6. The number of rotatable bonds is 5. The first-order valence-corrected chi connectivity index (χ1v) is 16.4. The number of fused-ring (bicyclic) bond motifs is 2. The number of aromatic nitrogens is 1. The molecular formula is C32H37Cl2N5O4S. The van der Waals surface area contributed by atoms with Crippen LogP contribution in [0.4, 0.5) is 5.13 Å². The topological polar surface area (TPSA) is 113 Å². The third-order valence-corrected chi connectivity index (χ3v) is 9.49. The van der Waals surface area contributed by atoms with Crippen molar-refractivity contribution in [3.63, 3.8) is 0 Å². The number of nitrogens with zero attached hydrogens (tertiary/aromatic N) is 2. The van der Waals surface area contributed by atoms with E-state index in [1.54, 1.807) is 24.3 Å². The molecular weight excluding hydrogens is 621 g/mol. The molecule has 3 heterocycles. The van der Waals surface area contributed by atoms with Crippen molar-refractivity contribution in [2.75, 3.05) is 38.1 Å². The molecule has 234 valence electrons. The predicted molar refractivity (Wildman–Crippen MR) is 176 cm³/mol. The maximum Gasteiger partial charge on any atom is 0.255 e. The Bertz CT molecular complexity index is 1550. The van der Waals surface area contributed by atoms with Crippen LogP contribution in [-0.4, -0.2) is 66.4 Å². The molecule has 44 heavy (non-hydrogen) atoms. The number of benzene rings is 2. The van der Waals surface area contributed by atoms with Crippen molar-refractivity contribution < 1.29 is 19.1 Å². The van der Waals surface area contributed by atoms with E-state index in [0.717, 1.165) is 29.5 Å². The van der Waals surface area contributed by atoms with Gasteiger partial charge in [-0.1, -0.05) is 60.5 Å². The largest absolute Gasteiger partial charge is 0.489 e. The molecule has 0 bridgehead atoms. The number of carbonyl (C=O) groups is 3. The van der Waals surface area contributed by atoms with E-state index in [1.165, 1.54) is 11.3 Å². The fraction of sp³-hybridized carbons (Fsp3) is 0.438. The lowest BCUT2D eigenvalue weighted by Gasteiger charge is -2.41. The summed E-state index contributed by atoms with van der Waals surface area (Å²) in [6, 6.07) is 9.67. The summed E-state index contributed by atoms with van der Waals surface area (Å²) >= 11 is 13.7. The van der Waals surface area contributed by atoms with Gasteiger partial charge in [-0.3, -0.25) is 19.3 Å². The van der Waals surface area contributed by atoms with Gasteiger partial charge < -0.3 is 20.7 Å². The predicted octanol–water partition coefficient (Wildman–Crippen LogP) is 5.92. The van der Waals surface area contributed by atoms with Crippen molar-refractivity contribution in [2.24, 2.45) is 11.3 Å². The van der Waals surface area contributed by atoms with Gasteiger partial charge in [0.1, 0.15) is 18.4 Å². The zero-order valence-corrected chi connectivity index (χ0v) is 27.2. The molecule has 0 saturated carbocycles. The van der Waals surface area contributed by atoms with E-state index in [9.17, 15) is 14.4 Å². The smallest absolute Gasteiger partial charge is 0.255 e. The summed E-state index contributed by atoms with van der Waals surface area (Å²) in [6.07, 6.45) is 6.87. The standard InChI is InChI=1S/C32H37Cl2N5O4S/c1-20(2)15-25-30(42)35-19-32(9-3-4-14-43-26-8-6-21(33)16-23(26)29(41)36-25)10-12-39(13-11-32)18-28(40)38-31-37-24-7-5-22(34)17-27(24)44-31/h3-8,16-17,20,25H,9-15,18-19H2,1-2H3,(H,35,42)(H,36,41)(H,37,38,40)/b4-3+/t25-/m0/s1. The molecule has 1 aromatic heterocycles. The van der Waals surface area contributed by atoms with Crippen molar-refractivity contribution in [1.29, 1.82) is 0 Å². The van der Waals surface area contributed by atoms with Crippen LogP contribution in [0.1, 0.15) is 49.9 Å². The zero-order chi connectivity index (χ0) is 31.3. The Kier molecular flexibility index (Phi) is 10.5. The maximum atomic E-state index is 13.5. The fourth-order valence-corrected chi connectivity index (χ4v) is 6.96. The van der Waals surface area contributed by atoms with Gasteiger partial charge in [0.05, 0.1) is 22.3 Å². The molecule has 2 aromatic carbocycles. The average molecular weight is 659 g/mol. The Morgan fingerprint density at radius 3 is 2.66 bits per heavy atom. The third-order valence-electron chi connectivity index (χ3n) is 8.09. The molecule has 3 N–H and O–H groups in total. The lowest BCUT2D eigenvalue weighted by molar-refractivity contribution is -0.124. The molecule has 0 aliphatic carbocycles. The van der Waals surface area contributed by atoms with Crippen LogP contribution in [0.25, 0.3) is 10.2 Å². The van der Waals surface area contributed by atoms with Gasteiger partial charge in [0.25, 0.3) is 5.91 Å². The number of nitrogens with one attached hydrogen (secondary N) is 3. The first kappa shape index (κ1) is 32.2. The summed E-state index contributed by atoms with van der Waals surface area (Å²) in [7, 11) is 0. The van der Waals surface area contributed by atoms with Gasteiger partial charge in [0.2, 0.25) is 11.8 Å². The van der Waals surface area contributed by atoms with Crippen molar-refractivity contribution >= 4 is 67.6 Å². The summed E-state index contributed by atoms with van der Waals surface area (Å²) in [5.41, 5.74) is 0.908. The van der Waals surface area contributed by atoms with Gasteiger partial charge in [-0.15, -0.1) is 0 Å². The fourth-order valence-electron chi connectivity index (χ4n) is 5.63. The molecule has 1 saturated heterocycles. The van der Waals surface area contributed by atoms with Crippen LogP contribution < -0.4 is 20.7 Å². The molecule has 1 spiro atoms. The quantitative estimate of drug-likeness (QED) is 0.294. The van der Waals surface area contributed by atoms with E-state index in [-0.39, 0.29) is 29.7 Å². The number of ether oxygens (including phenoxy) is 1. The maximum absolute atomic E-state index is 13.5. The molecule has 3 aromatic rings. The molecule has 0 radical (unpaired) electrons. The number of likely N-dealkylation sites (tertiary alicyclic amines) is 1. The minimum absolute atomic E-state index is 0.115. The lowest BCUT2D eigenvalue weighted by atomic mass is 9.75. The van der Waals surface area contributed by atoms with Crippen LogP contribution in [0.15, 0.2) is 48.6 Å². The lowest BCUT2D eigenvalue weighted by Crippen LogP contribution is -2.52. The molecule has 9 nitrogen and oxygen atoms in total. The van der Waals surface area contributed by atoms with E-state index in [0.29, 0.717) is 59.2 Å². The van der Waals surface area contributed by atoms with Crippen LogP contribution in [0.3, 0.4) is 0 Å². The number of carbonyl (C=O) groups excluding carboxylic acids is 3. The second-order valence-electron chi connectivity index (χ2n) is 12.0. The minimum atomic E-state index is -0.702. The molecule has 1 atom stereocenters. The third kappa shape index (κ3) is 8.29. The second-order valence-corrected chi connectivity index (χ2v) is 13.9. The average Bonchev–Trinajstić information content (AvgIpc) is 3.37. The normalized spacial score (nSPS) is 20.3. The van der Waals surface area contributed by atoms with Crippen molar-refractivity contribution in [3.05, 3.63) is 64.2 Å². The summed E-state index contributed by atoms with van der Waals surface area (Å²) in [4.78, 5) is 46.2. The molecule has 2 aliphatic rings. The Morgan fingerprint density at radius 1 is 1.14 bits per heavy atom. The zero-order valence-electron chi connectivity index (χ0n) is 24.8. The number of piperidine rings is 1. The highest BCUT2D eigenvalue weighted by Gasteiger charge is 2.35. The molecule has 5 rings (SSSR count). The number of anilines is 1. The summed E-state index contributed by atoms with van der Waals surface area (Å²) < 4.78 is 6.86.